The Morgan fingerprint density at radius 1 is 0.759 bits per heavy atom. The van der Waals surface area contributed by atoms with Crippen molar-refractivity contribution in [1.82, 2.24) is 5.48 Å². The van der Waals surface area contributed by atoms with E-state index in [9.17, 15) is 22.8 Å². The molecular formula is C21H15F3N2O3. The lowest BCUT2D eigenvalue weighted by Gasteiger charge is -2.10. The van der Waals surface area contributed by atoms with E-state index in [1.165, 1.54) is 24.3 Å². The maximum atomic E-state index is 12.8. The molecule has 0 radical (unpaired) electrons. The van der Waals surface area contributed by atoms with Crippen LogP contribution in [0.2, 0.25) is 0 Å². The predicted molar refractivity (Wildman–Crippen MR) is 101 cm³/mol. The average molecular weight is 400 g/mol. The summed E-state index contributed by atoms with van der Waals surface area (Å²) in [5, 5.41) is 11.1. The number of carbonyl (C=O) groups is 2. The zero-order valence-corrected chi connectivity index (χ0v) is 14.8. The molecule has 0 aliphatic carbocycles. The van der Waals surface area contributed by atoms with Crippen LogP contribution in [0.25, 0.3) is 11.1 Å². The van der Waals surface area contributed by atoms with Gasteiger partial charge >= 0.3 is 6.18 Å². The first kappa shape index (κ1) is 20.1. The van der Waals surface area contributed by atoms with Gasteiger partial charge in [0.15, 0.2) is 0 Å². The lowest BCUT2D eigenvalue weighted by molar-refractivity contribution is -0.137. The second-order valence-electron chi connectivity index (χ2n) is 6.13. The Kier molecular flexibility index (Phi) is 5.65. The monoisotopic (exact) mass is 400 g/mol. The molecule has 0 aliphatic rings. The van der Waals surface area contributed by atoms with Crippen molar-refractivity contribution in [2.45, 2.75) is 6.18 Å². The standard InChI is InChI=1S/C21H15F3N2O3/c22-21(23,24)17-2-1-3-18(12-17)25-19(27)15-8-4-13(5-9-15)14-6-10-16(11-7-14)20(28)26-29/h1-12,29H,(H,25,27)(H,26,28). The second kappa shape index (κ2) is 8.15. The maximum Gasteiger partial charge on any atom is 0.416 e. The van der Waals surface area contributed by atoms with E-state index in [1.807, 2.05) is 0 Å². The van der Waals surface area contributed by atoms with Crippen LogP contribution in [-0.2, 0) is 6.18 Å². The van der Waals surface area contributed by atoms with E-state index < -0.39 is 23.6 Å². The molecule has 3 rings (SSSR count). The summed E-state index contributed by atoms with van der Waals surface area (Å²) in [6.45, 7) is 0. The number of hydroxylamine groups is 1. The molecule has 0 aliphatic heterocycles. The van der Waals surface area contributed by atoms with E-state index in [1.54, 1.807) is 41.9 Å². The minimum atomic E-state index is -4.49. The van der Waals surface area contributed by atoms with Gasteiger partial charge in [0.05, 0.1) is 5.56 Å². The highest BCUT2D eigenvalue weighted by Crippen LogP contribution is 2.30. The van der Waals surface area contributed by atoms with Gasteiger partial charge in [0.2, 0.25) is 0 Å². The van der Waals surface area contributed by atoms with Gasteiger partial charge in [-0.25, -0.2) is 5.48 Å². The van der Waals surface area contributed by atoms with Crippen LogP contribution in [0.3, 0.4) is 0 Å². The van der Waals surface area contributed by atoms with Gasteiger partial charge in [-0.2, -0.15) is 13.2 Å². The molecule has 0 saturated carbocycles. The van der Waals surface area contributed by atoms with Crippen LogP contribution < -0.4 is 10.8 Å². The fourth-order valence-corrected chi connectivity index (χ4v) is 2.67. The predicted octanol–water partition coefficient (Wildman–Crippen LogP) is 4.74. The number of anilines is 1. The van der Waals surface area contributed by atoms with Gasteiger partial charge in [0, 0.05) is 16.8 Å². The zero-order chi connectivity index (χ0) is 21.0. The minimum absolute atomic E-state index is 0.0478. The molecule has 2 amide bonds. The minimum Gasteiger partial charge on any atom is -0.322 e. The Labute approximate surface area is 163 Å². The van der Waals surface area contributed by atoms with Gasteiger partial charge in [-0.05, 0) is 53.6 Å². The third-order valence-electron chi connectivity index (χ3n) is 4.18. The van der Waals surface area contributed by atoms with Crippen LogP contribution in [0.15, 0.2) is 72.8 Å². The summed E-state index contributed by atoms with van der Waals surface area (Å²) in [6, 6.07) is 17.3. The van der Waals surface area contributed by atoms with Gasteiger partial charge < -0.3 is 5.32 Å². The number of amides is 2. The first-order valence-electron chi connectivity index (χ1n) is 8.41. The Balaban J connectivity index is 1.73. The summed E-state index contributed by atoms with van der Waals surface area (Å²) in [4.78, 5) is 23.7. The molecule has 3 N–H and O–H groups in total. The van der Waals surface area contributed by atoms with Crippen molar-refractivity contribution in [3.63, 3.8) is 0 Å². The smallest absolute Gasteiger partial charge is 0.322 e. The fraction of sp³-hybridized carbons (Fsp3) is 0.0476. The SMILES string of the molecule is O=C(NO)c1ccc(-c2ccc(C(=O)Nc3cccc(C(F)(F)F)c3)cc2)cc1. The van der Waals surface area contributed by atoms with Crippen molar-refractivity contribution in [3.8, 4) is 11.1 Å². The number of hydrogen-bond donors (Lipinski definition) is 3. The number of carbonyl (C=O) groups excluding carboxylic acids is 2. The van der Waals surface area contributed by atoms with Crippen LogP contribution >= 0.6 is 0 Å². The van der Waals surface area contributed by atoms with E-state index in [4.69, 9.17) is 5.21 Å². The Morgan fingerprint density at radius 3 is 1.76 bits per heavy atom. The maximum absolute atomic E-state index is 12.8. The molecule has 0 bridgehead atoms. The summed E-state index contributed by atoms with van der Waals surface area (Å²) in [6.07, 6.45) is -4.49. The van der Waals surface area contributed by atoms with Crippen LogP contribution in [0.5, 0.6) is 0 Å². The van der Waals surface area contributed by atoms with Crippen LogP contribution in [-0.4, -0.2) is 17.0 Å². The number of halogens is 3. The number of nitrogens with one attached hydrogen (secondary N) is 2. The van der Waals surface area contributed by atoms with E-state index in [2.05, 4.69) is 5.32 Å². The molecular weight excluding hydrogens is 385 g/mol. The number of benzene rings is 3. The Bertz CT molecular complexity index is 1030. The number of hydrogen-bond acceptors (Lipinski definition) is 3. The normalized spacial score (nSPS) is 11.0. The van der Waals surface area contributed by atoms with Crippen molar-refractivity contribution in [1.29, 1.82) is 0 Å². The molecule has 29 heavy (non-hydrogen) atoms. The zero-order valence-electron chi connectivity index (χ0n) is 14.8. The Hall–Kier alpha value is -3.65. The van der Waals surface area contributed by atoms with E-state index in [0.717, 1.165) is 23.3 Å². The van der Waals surface area contributed by atoms with Crippen molar-refractivity contribution >= 4 is 17.5 Å². The number of rotatable bonds is 4. The first-order valence-corrected chi connectivity index (χ1v) is 8.41. The summed E-state index contributed by atoms with van der Waals surface area (Å²) in [7, 11) is 0. The first-order chi connectivity index (χ1) is 13.8. The van der Waals surface area contributed by atoms with Gasteiger partial charge in [-0.3, -0.25) is 14.8 Å². The molecule has 0 atom stereocenters. The molecule has 0 spiro atoms. The van der Waals surface area contributed by atoms with Crippen molar-refractivity contribution in [2.75, 3.05) is 5.32 Å². The lowest BCUT2D eigenvalue weighted by Crippen LogP contribution is -2.18. The van der Waals surface area contributed by atoms with Gasteiger partial charge in [-0.15, -0.1) is 0 Å². The van der Waals surface area contributed by atoms with Crippen molar-refractivity contribution in [3.05, 3.63) is 89.5 Å². The van der Waals surface area contributed by atoms with Crippen molar-refractivity contribution in [2.24, 2.45) is 0 Å². The largest absolute Gasteiger partial charge is 0.416 e. The molecule has 0 unspecified atom stereocenters. The second-order valence-corrected chi connectivity index (χ2v) is 6.13. The molecule has 3 aromatic carbocycles. The third kappa shape index (κ3) is 4.80. The summed E-state index contributed by atoms with van der Waals surface area (Å²) in [5.41, 5.74) is 2.87. The molecule has 148 valence electrons. The van der Waals surface area contributed by atoms with E-state index in [0.29, 0.717) is 0 Å². The molecule has 5 nitrogen and oxygen atoms in total. The van der Waals surface area contributed by atoms with Gasteiger partial charge in [0.1, 0.15) is 0 Å². The van der Waals surface area contributed by atoms with Gasteiger partial charge in [0.25, 0.3) is 11.8 Å². The van der Waals surface area contributed by atoms with Crippen LogP contribution in [0.1, 0.15) is 26.3 Å². The van der Waals surface area contributed by atoms with E-state index >= 15 is 0 Å². The quantitative estimate of drug-likeness (QED) is 0.437. The van der Waals surface area contributed by atoms with Crippen LogP contribution in [0, 0.1) is 0 Å². The van der Waals surface area contributed by atoms with E-state index in [-0.39, 0.29) is 16.8 Å². The lowest BCUT2D eigenvalue weighted by atomic mass is 10.0. The van der Waals surface area contributed by atoms with Crippen molar-refractivity contribution < 1.29 is 28.0 Å². The highest BCUT2D eigenvalue weighted by Gasteiger charge is 2.30. The molecule has 0 fully saturated rings. The molecule has 8 heteroatoms. The number of alkyl halides is 3. The van der Waals surface area contributed by atoms with Gasteiger partial charge in [-0.1, -0.05) is 30.3 Å². The molecule has 0 heterocycles. The molecule has 0 aromatic heterocycles. The molecule has 3 aromatic rings. The fourth-order valence-electron chi connectivity index (χ4n) is 2.67. The summed E-state index contributed by atoms with van der Waals surface area (Å²) in [5.74, 6) is -1.16. The highest BCUT2D eigenvalue weighted by atomic mass is 19.4. The summed E-state index contributed by atoms with van der Waals surface area (Å²) < 4.78 is 38.3. The third-order valence-corrected chi connectivity index (χ3v) is 4.18. The Morgan fingerprint density at radius 2 is 1.28 bits per heavy atom. The van der Waals surface area contributed by atoms with Crippen LogP contribution in [0.4, 0.5) is 18.9 Å². The average Bonchev–Trinajstić information content (AvgIpc) is 2.73. The summed E-state index contributed by atoms with van der Waals surface area (Å²) >= 11 is 0. The topological polar surface area (TPSA) is 78.4 Å². The highest BCUT2D eigenvalue weighted by molar-refractivity contribution is 6.04. The molecule has 0 saturated heterocycles.